The summed E-state index contributed by atoms with van der Waals surface area (Å²) in [7, 11) is 0. The molecule has 0 bridgehead atoms. The van der Waals surface area contributed by atoms with Gasteiger partial charge in [0.15, 0.2) is 0 Å². The van der Waals surface area contributed by atoms with Crippen molar-refractivity contribution < 1.29 is 0 Å². The fourth-order valence-corrected chi connectivity index (χ4v) is 3.92. The Hall–Kier alpha value is -1.84. The van der Waals surface area contributed by atoms with Crippen molar-refractivity contribution in [2.24, 2.45) is 0 Å². The molecule has 0 aliphatic heterocycles. The summed E-state index contributed by atoms with van der Waals surface area (Å²) in [5, 5.41) is 1.21. The molecule has 2 aromatic rings. The molecule has 0 unspecified atom stereocenters. The van der Waals surface area contributed by atoms with Crippen molar-refractivity contribution in [3.63, 3.8) is 0 Å². The summed E-state index contributed by atoms with van der Waals surface area (Å²) in [6, 6.07) is 2.14. The van der Waals surface area contributed by atoms with Crippen LogP contribution in [0, 0.1) is 50.4 Å². The van der Waals surface area contributed by atoms with Crippen molar-refractivity contribution in [2.45, 2.75) is 13.8 Å². The number of rotatable bonds is 0. The second kappa shape index (κ2) is 4.57. The predicted molar refractivity (Wildman–Crippen MR) is 74.0 cm³/mol. The first kappa shape index (κ1) is 11.6. The second-order valence-electron chi connectivity index (χ2n) is 3.70. The molecule has 17 heavy (non-hydrogen) atoms. The molecule has 0 fully saturated rings. The fourth-order valence-electron chi connectivity index (χ4n) is 1.99. The van der Waals surface area contributed by atoms with Gasteiger partial charge in [-0.25, -0.2) is 0 Å². The van der Waals surface area contributed by atoms with Crippen LogP contribution in [0.2, 0.25) is 0 Å². The molecule has 0 saturated carbocycles. The van der Waals surface area contributed by atoms with Crippen LogP contribution < -0.4 is 0 Å². The maximum atomic E-state index is 5.59. The van der Waals surface area contributed by atoms with Crippen LogP contribution in [0.4, 0.5) is 0 Å². The van der Waals surface area contributed by atoms with E-state index in [1.165, 1.54) is 15.2 Å². The van der Waals surface area contributed by atoms with Gasteiger partial charge in [0.2, 0.25) is 0 Å². The summed E-state index contributed by atoms with van der Waals surface area (Å²) >= 11 is 0.366. The van der Waals surface area contributed by atoms with Gasteiger partial charge in [-0.05, 0) is 0 Å². The first-order chi connectivity index (χ1) is 8.20. The second-order valence-corrected chi connectivity index (χ2v) is 5.62. The zero-order valence-corrected chi connectivity index (χ0v) is 11.4. The van der Waals surface area contributed by atoms with E-state index in [0.29, 0.717) is 14.5 Å². The van der Waals surface area contributed by atoms with Gasteiger partial charge >= 0.3 is 108 Å². The van der Waals surface area contributed by atoms with Crippen molar-refractivity contribution in [1.29, 1.82) is 0 Å². The molecule has 0 radical (unpaired) electrons. The molecule has 1 aromatic heterocycles. The quantitative estimate of drug-likeness (QED) is 0.514. The van der Waals surface area contributed by atoms with Gasteiger partial charge < -0.3 is 0 Å². The molecule has 1 aromatic carbocycles. The summed E-state index contributed by atoms with van der Waals surface area (Å²) < 4.78 is 1.34. The van der Waals surface area contributed by atoms with E-state index in [-0.39, 0.29) is 0 Å². The first-order valence-corrected chi connectivity index (χ1v) is 6.98. The van der Waals surface area contributed by atoms with Crippen molar-refractivity contribution in [1.82, 2.24) is 0 Å². The van der Waals surface area contributed by atoms with Crippen LogP contribution in [0.25, 0.3) is 9.65 Å². The van der Waals surface area contributed by atoms with Crippen LogP contribution >= 0.6 is 0 Å². The molecular formula is C16H10Se. The van der Waals surface area contributed by atoms with Gasteiger partial charge in [-0.15, -0.1) is 0 Å². The summed E-state index contributed by atoms with van der Waals surface area (Å²) in [6.45, 7) is 4.11. The van der Waals surface area contributed by atoms with E-state index in [4.69, 9.17) is 12.8 Å². The van der Waals surface area contributed by atoms with E-state index in [1.54, 1.807) is 0 Å². The summed E-state index contributed by atoms with van der Waals surface area (Å²) in [5.74, 6) is 10.9. The number of aryl methyl sites for hydroxylation is 1. The van der Waals surface area contributed by atoms with Crippen molar-refractivity contribution in [2.75, 3.05) is 0 Å². The average Bonchev–Trinajstić information content (AvgIpc) is 2.79. The first-order valence-electron chi connectivity index (χ1n) is 5.14. The van der Waals surface area contributed by atoms with Crippen LogP contribution in [0.5, 0.6) is 0 Å². The predicted octanol–water partition coefficient (Wildman–Crippen LogP) is 2.48. The number of fused-ring (bicyclic) bond motifs is 1. The molecule has 0 saturated heterocycles. The standard InChI is InChI=1S/C16H10Se/c1-5-7-8-14-11(3)13(6-2)12(4)16-15(14)9-10-17-16/h1-2,9-10H,3-4H3. The van der Waals surface area contributed by atoms with Gasteiger partial charge in [-0.2, -0.15) is 0 Å². The Balaban J connectivity index is 2.97. The van der Waals surface area contributed by atoms with E-state index in [2.05, 4.69) is 41.6 Å². The van der Waals surface area contributed by atoms with Crippen LogP contribution in [-0.4, -0.2) is 14.5 Å². The van der Waals surface area contributed by atoms with E-state index < -0.39 is 0 Å². The van der Waals surface area contributed by atoms with Crippen LogP contribution in [-0.2, 0) is 0 Å². The normalized spacial score (nSPS) is 9.18. The third-order valence-electron chi connectivity index (χ3n) is 2.80. The Morgan fingerprint density at radius 2 is 1.88 bits per heavy atom. The topological polar surface area (TPSA) is 0 Å². The Bertz CT molecular complexity index is 734. The third kappa shape index (κ3) is 1.79. The zero-order valence-electron chi connectivity index (χ0n) is 9.72. The van der Waals surface area contributed by atoms with Crippen molar-refractivity contribution >= 4 is 24.1 Å². The van der Waals surface area contributed by atoms with Crippen molar-refractivity contribution in [3.8, 4) is 36.5 Å². The van der Waals surface area contributed by atoms with Gasteiger partial charge in [0.25, 0.3) is 0 Å². The summed E-state index contributed by atoms with van der Waals surface area (Å²) in [6.07, 6.45) is 10.8. The Morgan fingerprint density at radius 1 is 1.12 bits per heavy atom. The van der Waals surface area contributed by atoms with Gasteiger partial charge in [0.05, 0.1) is 0 Å². The molecule has 0 aliphatic carbocycles. The number of terminal acetylenes is 2. The molecule has 0 amide bonds. The molecule has 80 valence electrons. The minimum atomic E-state index is 0.366. The van der Waals surface area contributed by atoms with E-state index in [0.717, 1.165) is 16.7 Å². The van der Waals surface area contributed by atoms with Crippen LogP contribution in [0.1, 0.15) is 22.3 Å². The van der Waals surface area contributed by atoms with Crippen molar-refractivity contribution in [3.05, 3.63) is 33.3 Å². The SMILES string of the molecule is C#CC#Cc1c(C)c(C#C)c(C)c2[se]ccc12. The van der Waals surface area contributed by atoms with Gasteiger partial charge in [0, 0.05) is 0 Å². The van der Waals surface area contributed by atoms with E-state index in [1.807, 2.05) is 6.92 Å². The monoisotopic (exact) mass is 282 g/mol. The molecule has 0 N–H and O–H groups in total. The molecule has 0 nitrogen and oxygen atoms in total. The number of hydrogen-bond acceptors (Lipinski definition) is 0. The molecule has 1 heterocycles. The Kier molecular flexibility index (Phi) is 3.13. The Morgan fingerprint density at radius 3 is 2.53 bits per heavy atom. The van der Waals surface area contributed by atoms with Crippen LogP contribution in [0.3, 0.4) is 0 Å². The molecule has 1 heteroatoms. The third-order valence-corrected chi connectivity index (χ3v) is 4.97. The number of hydrogen-bond donors (Lipinski definition) is 0. The van der Waals surface area contributed by atoms with Gasteiger partial charge in [-0.1, -0.05) is 0 Å². The Labute approximate surface area is 108 Å². The zero-order chi connectivity index (χ0) is 12.4. The molecular weight excluding hydrogens is 271 g/mol. The van der Waals surface area contributed by atoms with E-state index >= 15 is 0 Å². The molecule has 0 spiro atoms. The summed E-state index contributed by atoms with van der Waals surface area (Å²) in [5.41, 5.74) is 4.24. The number of benzene rings is 1. The van der Waals surface area contributed by atoms with E-state index in [9.17, 15) is 0 Å². The minimum absolute atomic E-state index is 0.366. The van der Waals surface area contributed by atoms with Gasteiger partial charge in [0.1, 0.15) is 0 Å². The summed E-state index contributed by atoms with van der Waals surface area (Å²) in [4.78, 5) is 2.20. The fraction of sp³-hybridized carbons (Fsp3) is 0.125. The van der Waals surface area contributed by atoms with Gasteiger partial charge in [-0.3, -0.25) is 0 Å². The van der Waals surface area contributed by atoms with Crippen LogP contribution in [0.15, 0.2) is 11.0 Å². The molecule has 0 atom stereocenters. The molecule has 2 rings (SSSR count). The molecule has 0 aliphatic rings. The average molecular weight is 281 g/mol. The maximum absolute atomic E-state index is 5.59.